The van der Waals surface area contributed by atoms with Crippen molar-refractivity contribution in [3.8, 4) is 0 Å². The Balaban J connectivity index is 2.60. The zero-order valence-corrected chi connectivity index (χ0v) is 9.73. The average Bonchev–Trinajstić information content (AvgIpc) is 2.29. The molecular formula is C13H19NO. The molecule has 0 aliphatic carbocycles. The summed E-state index contributed by atoms with van der Waals surface area (Å²) in [6.07, 6.45) is 2.04. The number of likely N-dealkylation sites (N-methyl/N-ethyl adjacent to an activating group) is 1. The zero-order valence-electron chi connectivity index (χ0n) is 9.73. The van der Waals surface area contributed by atoms with E-state index in [4.69, 9.17) is 0 Å². The second-order valence-corrected chi connectivity index (χ2v) is 3.96. The molecule has 15 heavy (non-hydrogen) atoms. The smallest absolute Gasteiger partial charge is 0.136 e. The van der Waals surface area contributed by atoms with Crippen LogP contribution in [0.1, 0.15) is 25.0 Å². The van der Waals surface area contributed by atoms with Crippen molar-refractivity contribution in [2.75, 3.05) is 7.05 Å². The van der Waals surface area contributed by atoms with Crippen LogP contribution in [-0.4, -0.2) is 24.3 Å². The van der Waals surface area contributed by atoms with Crippen LogP contribution in [0.5, 0.6) is 0 Å². The molecule has 1 unspecified atom stereocenters. The molecule has 0 amide bonds. The monoisotopic (exact) mass is 205 g/mol. The lowest BCUT2D eigenvalue weighted by Gasteiger charge is -2.19. The minimum Gasteiger partial charge on any atom is -0.302 e. The summed E-state index contributed by atoms with van der Waals surface area (Å²) < 4.78 is 0. The Morgan fingerprint density at radius 1 is 1.27 bits per heavy atom. The Bertz CT molecular complexity index is 305. The molecule has 1 rings (SSSR count). The third-order valence-electron chi connectivity index (χ3n) is 2.76. The summed E-state index contributed by atoms with van der Waals surface area (Å²) >= 11 is 0. The zero-order chi connectivity index (χ0) is 11.3. The number of aryl methyl sites for hydroxylation is 1. The third kappa shape index (κ3) is 3.48. The molecule has 0 saturated heterocycles. The Labute approximate surface area is 91.9 Å². The van der Waals surface area contributed by atoms with Gasteiger partial charge in [-0.05, 0) is 31.5 Å². The summed E-state index contributed by atoms with van der Waals surface area (Å²) in [7, 11) is 1.97. The normalized spacial score (nSPS) is 12.8. The van der Waals surface area contributed by atoms with Crippen molar-refractivity contribution in [3.05, 3.63) is 35.4 Å². The number of hydrogen-bond acceptors (Lipinski definition) is 2. The van der Waals surface area contributed by atoms with Gasteiger partial charge in [-0.2, -0.15) is 0 Å². The molecule has 0 fully saturated rings. The van der Waals surface area contributed by atoms with E-state index in [9.17, 15) is 4.79 Å². The first-order chi connectivity index (χ1) is 7.17. The Morgan fingerprint density at radius 3 is 2.27 bits per heavy atom. The topological polar surface area (TPSA) is 20.3 Å². The summed E-state index contributed by atoms with van der Waals surface area (Å²) in [5.41, 5.74) is 2.60. The number of hydrogen-bond donors (Lipinski definition) is 0. The quantitative estimate of drug-likeness (QED) is 0.687. The highest BCUT2D eigenvalue weighted by Gasteiger charge is 2.07. The highest BCUT2D eigenvalue weighted by molar-refractivity contribution is 5.56. The average molecular weight is 205 g/mol. The third-order valence-corrected chi connectivity index (χ3v) is 2.76. The second-order valence-electron chi connectivity index (χ2n) is 3.96. The lowest BCUT2D eigenvalue weighted by atomic mass is 10.1. The van der Waals surface area contributed by atoms with Gasteiger partial charge in [0.15, 0.2) is 0 Å². The number of benzene rings is 1. The van der Waals surface area contributed by atoms with Crippen LogP contribution in [0.25, 0.3) is 0 Å². The highest BCUT2D eigenvalue weighted by atomic mass is 16.1. The molecule has 0 bridgehead atoms. The Hall–Kier alpha value is -1.15. The maximum absolute atomic E-state index is 10.6. The van der Waals surface area contributed by atoms with Crippen molar-refractivity contribution in [1.82, 2.24) is 4.90 Å². The van der Waals surface area contributed by atoms with Crippen LogP contribution in [0.3, 0.4) is 0 Å². The molecule has 0 saturated carbocycles. The first-order valence-corrected chi connectivity index (χ1v) is 5.40. The van der Waals surface area contributed by atoms with Crippen molar-refractivity contribution in [2.45, 2.75) is 32.9 Å². The summed E-state index contributed by atoms with van der Waals surface area (Å²) in [6, 6.07) is 8.54. The van der Waals surface area contributed by atoms with Crippen molar-refractivity contribution < 1.29 is 4.79 Å². The van der Waals surface area contributed by atoms with Crippen molar-refractivity contribution in [1.29, 1.82) is 0 Å². The van der Waals surface area contributed by atoms with E-state index in [0.29, 0.717) is 0 Å². The molecule has 0 radical (unpaired) electrons. The largest absolute Gasteiger partial charge is 0.302 e. The van der Waals surface area contributed by atoms with Crippen LogP contribution in [0.2, 0.25) is 0 Å². The minimum absolute atomic E-state index is 0.0177. The van der Waals surface area contributed by atoms with Gasteiger partial charge < -0.3 is 4.79 Å². The van der Waals surface area contributed by atoms with Gasteiger partial charge in [-0.3, -0.25) is 4.90 Å². The van der Waals surface area contributed by atoms with E-state index in [1.807, 2.05) is 18.9 Å². The van der Waals surface area contributed by atoms with E-state index < -0.39 is 0 Å². The molecule has 0 heterocycles. The van der Waals surface area contributed by atoms with Gasteiger partial charge in [0.25, 0.3) is 0 Å². The Kier molecular flexibility index (Phi) is 4.50. The number of carbonyl (C=O) groups is 1. The standard InChI is InChI=1S/C13H19NO/c1-4-12-5-7-13(8-6-12)9-14(3)11(2)10-15/h5-8,10-11H,4,9H2,1-3H3. The molecule has 0 aliphatic rings. The van der Waals surface area contributed by atoms with Gasteiger partial charge >= 0.3 is 0 Å². The van der Waals surface area contributed by atoms with Gasteiger partial charge in [0, 0.05) is 6.54 Å². The number of aldehydes is 1. The van der Waals surface area contributed by atoms with E-state index in [0.717, 1.165) is 19.3 Å². The molecule has 1 aromatic rings. The lowest BCUT2D eigenvalue weighted by Crippen LogP contribution is -2.29. The van der Waals surface area contributed by atoms with Crippen LogP contribution in [0.4, 0.5) is 0 Å². The number of rotatable bonds is 5. The summed E-state index contributed by atoms with van der Waals surface area (Å²) in [5, 5.41) is 0. The van der Waals surface area contributed by atoms with Gasteiger partial charge in [0.2, 0.25) is 0 Å². The van der Waals surface area contributed by atoms with E-state index >= 15 is 0 Å². The maximum atomic E-state index is 10.6. The molecule has 1 atom stereocenters. The van der Waals surface area contributed by atoms with E-state index in [1.165, 1.54) is 11.1 Å². The number of nitrogens with zero attached hydrogens (tertiary/aromatic N) is 1. The molecule has 2 nitrogen and oxygen atoms in total. The van der Waals surface area contributed by atoms with Gasteiger partial charge in [0.1, 0.15) is 6.29 Å². The summed E-state index contributed by atoms with van der Waals surface area (Å²) in [5.74, 6) is 0. The fourth-order valence-corrected chi connectivity index (χ4v) is 1.42. The van der Waals surface area contributed by atoms with Crippen LogP contribution in [0.15, 0.2) is 24.3 Å². The van der Waals surface area contributed by atoms with Crippen molar-refractivity contribution >= 4 is 6.29 Å². The first-order valence-electron chi connectivity index (χ1n) is 5.40. The van der Waals surface area contributed by atoms with Gasteiger partial charge in [-0.1, -0.05) is 31.2 Å². The highest BCUT2D eigenvalue weighted by Crippen LogP contribution is 2.08. The SMILES string of the molecule is CCc1ccc(CN(C)C(C)C=O)cc1. The van der Waals surface area contributed by atoms with Crippen LogP contribution < -0.4 is 0 Å². The predicted molar refractivity (Wildman–Crippen MR) is 62.8 cm³/mol. The minimum atomic E-state index is -0.0177. The molecule has 2 heteroatoms. The predicted octanol–water partition coefficient (Wildman–Crippen LogP) is 2.27. The van der Waals surface area contributed by atoms with Crippen molar-refractivity contribution in [2.24, 2.45) is 0 Å². The molecule has 82 valence electrons. The molecule has 0 aliphatic heterocycles. The fraction of sp³-hybridized carbons (Fsp3) is 0.462. The number of carbonyl (C=O) groups excluding carboxylic acids is 1. The van der Waals surface area contributed by atoms with E-state index in [-0.39, 0.29) is 6.04 Å². The molecular weight excluding hydrogens is 186 g/mol. The molecule has 1 aromatic carbocycles. The van der Waals surface area contributed by atoms with Crippen LogP contribution in [-0.2, 0) is 17.8 Å². The fourth-order valence-electron chi connectivity index (χ4n) is 1.42. The van der Waals surface area contributed by atoms with Gasteiger partial charge in [-0.25, -0.2) is 0 Å². The van der Waals surface area contributed by atoms with Crippen LogP contribution >= 0.6 is 0 Å². The van der Waals surface area contributed by atoms with Crippen LogP contribution in [0, 0.1) is 0 Å². The summed E-state index contributed by atoms with van der Waals surface area (Å²) in [6.45, 7) is 4.88. The van der Waals surface area contributed by atoms with Gasteiger partial charge in [-0.15, -0.1) is 0 Å². The lowest BCUT2D eigenvalue weighted by molar-refractivity contribution is -0.111. The second kappa shape index (κ2) is 5.66. The van der Waals surface area contributed by atoms with E-state index in [2.05, 4.69) is 31.2 Å². The molecule has 0 spiro atoms. The molecule has 0 aromatic heterocycles. The maximum Gasteiger partial charge on any atom is 0.136 e. The Morgan fingerprint density at radius 2 is 1.80 bits per heavy atom. The van der Waals surface area contributed by atoms with Crippen molar-refractivity contribution in [3.63, 3.8) is 0 Å². The summed E-state index contributed by atoms with van der Waals surface area (Å²) in [4.78, 5) is 12.6. The first kappa shape index (κ1) is 11.9. The molecule has 0 N–H and O–H groups in total. The van der Waals surface area contributed by atoms with Gasteiger partial charge in [0.05, 0.1) is 6.04 Å². The van der Waals surface area contributed by atoms with E-state index in [1.54, 1.807) is 0 Å².